The van der Waals surface area contributed by atoms with Crippen LogP contribution in [0.25, 0.3) is 0 Å². The van der Waals surface area contributed by atoms with Crippen LogP contribution in [-0.2, 0) is 4.79 Å². The number of aldehydes is 1. The summed E-state index contributed by atoms with van der Waals surface area (Å²) in [6.45, 7) is 3.66. The standard InChI is InChI=1S/C5H7O/c1-5(2)3-4-6/h4H,1-2H3. The van der Waals surface area contributed by atoms with Gasteiger partial charge in [-0.05, 0) is 13.8 Å². The van der Waals surface area contributed by atoms with E-state index in [1.807, 2.05) is 13.8 Å². The zero-order chi connectivity index (χ0) is 4.99. The third-order valence-electron chi connectivity index (χ3n) is 0.348. The molecule has 0 saturated heterocycles. The minimum Gasteiger partial charge on any atom is -0.298 e. The van der Waals surface area contributed by atoms with Gasteiger partial charge < -0.3 is 0 Å². The van der Waals surface area contributed by atoms with E-state index in [0.29, 0.717) is 6.29 Å². The minimum absolute atomic E-state index is 0.662. The molecule has 0 atom stereocenters. The molecule has 0 amide bonds. The van der Waals surface area contributed by atoms with Gasteiger partial charge in [-0.3, -0.25) is 4.79 Å². The van der Waals surface area contributed by atoms with Crippen molar-refractivity contribution in [3.63, 3.8) is 0 Å². The van der Waals surface area contributed by atoms with E-state index in [0.717, 1.165) is 5.57 Å². The summed E-state index contributed by atoms with van der Waals surface area (Å²) in [5, 5.41) is 0. The maximum atomic E-state index is 9.48. The summed E-state index contributed by atoms with van der Waals surface area (Å²) in [7, 11) is 0. The first kappa shape index (κ1) is 5.41. The molecule has 0 N–H and O–H groups in total. The molecule has 0 rings (SSSR count). The van der Waals surface area contributed by atoms with Gasteiger partial charge in [-0.2, -0.15) is 0 Å². The fraction of sp³-hybridized carbons (Fsp3) is 0.400. The topological polar surface area (TPSA) is 17.1 Å². The Morgan fingerprint density at radius 2 is 2.17 bits per heavy atom. The lowest BCUT2D eigenvalue weighted by molar-refractivity contribution is -0.104. The summed E-state index contributed by atoms with van der Waals surface area (Å²) in [6, 6.07) is 0. The van der Waals surface area contributed by atoms with Crippen LogP contribution in [0.1, 0.15) is 13.8 Å². The molecule has 0 aliphatic carbocycles. The second kappa shape index (κ2) is 2.64. The van der Waals surface area contributed by atoms with Crippen molar-refractivity contribution in [3.8, 4) is 0 Å². The average Bonchev–Trinajstić information content (AvgIpc) is 1.35. The predicted octanol–water partition coefficient (Wildman–Crippen LogP) is 0.955. The Kier molecular flexibility index (Phi) is 2.38. The molecule has 0 aromatic heterocycles. The first-order valence-electron chi connectivity index (χ1n) is 1.77. The third-order valence-corrected chi connectivity index (χ3v) is 0.348. The smallest absolute Gasteiger partial charge is 0.150 e. The normalized spacial score (nSPS) is 7.00. The van der Waals surface area contributed by atoms with Crippen molar-refractivity contribution in [1.29, 1.82) is 0 Å². The van der Waals surface area contributed by atoms with Crippen LogP contribution in [0.5, 0.6) is 0 Å². The quantitative estimate of drug-likeness (QED) is 0.341. The van der Waals surface area contributed by atoms with Gasteiger partial charge in [0.05, 0.1) is 0 Å². The van der Waals surface area contributed by atoms with Gasteiger partial charge in [0.25, 0.3) is 0 Å². The molecule has 0 spiro atoms. The van der Waals surface area contributed by atoms with Gasteiger partial charge in [-0.25, -0.2) is 0 Å². The summed E-state index contributed by atoms with van der Waals surface area (Å²) in [6.07, 6.45) is 3.11. The molecule has 0 fully saturated rings. The predicted molar refractivity (Wildman–Crippen MR) is 24.2 cm³/mol. The maximum Gasteiger partial charge on any atom is 0.150 e. The molecule has 1 nitrogen and oxygen atoms in total. The summed E-state index contributed by atoms with van der Waals surface area (Å²) in [4.78, 5) is 9.48. The molecular formula is C5H7O. The van der Waals surface area contributed by atoms with E-state index in [4.69, 9.17) is 0 Å². The lowest BCUT2D eigenvalue weighted by Gasteiger charge is -1.72. The van der Waals surface area contributed by atoms with E-state index >= 15 is 0 Å². The molecule has 0 unspecified atom stereocenters. The Balaban J connectivity index is 3.41. The van der Waals surface area contributed by atoms with Crippen LogP contribution >= 0.6 is 0 Å². The molecule has 0 saturated carbocycles. The van der Waals surface area contributed by atoms with Gasteiger partial charge >= 0.3 is 0 Å². The van der Waals surface area contributed by atoms with Crippen LogP contribution in [0.3, 0.4) is 0 Å². The minimum atomic E-state index is 0.662. The molecular weight excluding hydrogens is 76.1 g/mol. The average molecular weight is 83.1 g/mol. The first-order chi connectivity index (χ1) is 2.77. The van der Waals surface area contributed by atoms with E-state index < -0.39 is 0 Å². The van der Waals surface area contributed by atoms with E-state index in [2.05, 4.69) is 6.08 Å². The highest BCUT2D eigenvalue weighted by atomic mass is 16.1. The van der Waals surface area contributed by atoms with Crippen molar-refractivity contribution < 1.29 is 4.79 Å². The highest BCUT2D eigenvalue weighted by Crippen LogP contribution is 1.80. The van der Waals surface area contributed by atoms with Crippen LogP contribution in [0.15, 0.2) is 5.57 Å². The SMILES string of the molecule is CC(C)=[C]C=O. The molecule has 33 valence electrons. The lowest BCUT2D eigenvalue weighted by atomic mass is 10.3. The summed E-state index contributed by atoms with van der Waals surface area (Å²) < 4.78 is 0. The fourth-order valence-electron chi connectivity index (χ4n) is 0.118. The number of carbonyl (C=O) groups excluding carboxylic acids is 1. The van der Waals surface area contributed by atoms with Crippen molar-refractivity contribution in [2.24, 2.45) is 0 Å². The Hall–Kier alpha value is -0.590. The fourth-order valence-corrected chi connectivity index (χ4v) is 0.118. The number of carbonyl (C=O) groups is 1. The van der Waals surface area contributed by atoms with Crippen molar-refractivity contribution in [2.75, 3.05) is 0 Å². The van der Waals surface area contributed by atoms with Crippen molar-refractivity contribution in [1.82, 2.24) is 0 Å². The molecule has 0 aromatic carbocycles. The molecule has 0 aliphatic heterocycles. The van der Waals surface area contributed by atoms with E-state index in [-0.39, 0.29) is 0 Å². The zero-order valence-corrected chi connectivity index (χ0v) is 3.99. The van der Waals surface area contributed by atoms with Crippen LogP contribution in [0.4, 0.5) is 0 Å². The van der Waals surface area contributed by atoms with E-state index in [9.17, 15) is 4.79 Å². The Morgan fingerprint density at radius 1 is 1.67 bits per heavy atom. The Labute approximate surface area is 37.7 Å². The van der Waals surface area contributed by atoms with E-state index in [1.165, 1.54) is 0 Å². The summed E-state index contributed by atoms with van der Waals surface area (Å²) in [5.41, 5.74) is 0.921. The third kappa shape index (κ3) is 3.41. The van der Waals surface area contributed by atoms with Crippen molar-refractivity contribution in [2.45, 2.75) is 13.8 Å². The summed E-state index contributed by atoms with van der Waals surface area (Å²) >= 11 is 0. The number of hydrogen-bond donors (Lipinski definition) is 0. The molecule has 1 radical (unpaired) electrons. The highest BCUT2D eigenvalue weighted by molar-refractivity contribution is 5.60. The van der Waals surface area contributed by atoms with Gasteiger partial charge in [0.1, 0.15) is 0 Å². The van der Waals surface area contributed by atoms with Gasteiger partial charge in [0, 0.05) is 6.08 Å². The number of allylic oxidation sites excluding steroid dienone is 2. The molecule has 0 aromatic rings. The zero-order valence-electron chi connectivity index (χ0n) is 3.99. The van der Waals surface area contributed by atoms with Crippen LogP contribution in [0.2, 0.25) is 0 Å². The van der Waals surface area contributed by atoms with Crippen LogP contribution in [-0.4, -0.2) is 6.29 Å². The molecule has 0 aliphatic rings. The van der Waals surface area contributed by atoms with Crippen molar-refractivity contribution in [3.05, 3.63) is 11.6 Å². The number of hydrogen-bond acceptors (Lipinski definition) is 1. The molecule has 0 heterocycles. The first-order valence-corrected chi connectivity index (χ1v) is 1.77. The Morgan fingerprint density at radius 3 is 2.17 bits per heavy atom. The number of rotatable bonds is 1. The largest absolute Gasteiger partial charge is 0.298 e. The molecule has 1 heteroatoms. The molecule has 0 bridgehead atoms. The van der Waals surface area contributed by atoms with Crippen LogP contribution < -0.4 is 0 Å². The Bertz CT molecular complexity index is 68.0. The van der Waals surface area contributed by atoms with Gasteiger partial charge in [-0.1, -0.05) is 5.57 Å². The van der Waals surface area contributed by atoms with Crippen molar-refractivity contribution >= 4 is 6.29 Å². The van der Waals surface area contributed by atoms with Gasteiger partial charge in [0.2, 0.25) is 0 Å². The lowest BCUT2D eigenvalue weighted by Crippen LogP contribution is -1.64. The van der Waals surface area contributed by atoms with E-state index in [1.54, 1.807) is 0 Å². The van der Waals surface area contributed by atoms with Gasteiger partial charge in [-0.15, -0.1) is 0 Å². The van der Waals surface area contributed by atoms with Gasteiger partial charge in [0.15, 0.2) is 6.29 Å². The molecule has 6 heavy (non-hydrogen) atoms. The summed E-state index contributed by atoms with van der Waals surface area (Å²) in [5.74, 6) is 0. The van der Waals surface area contributed by atoms with Crippen LogP contribution in [0, 0.1) is 6.08 Å². The monoisotopic (exact) mass is 83.0 g/mol. The highest BCUT2D eigenvalue weighted by Gasteiger charge is 1.68. The second-order valence-electron chi connectivity index (χ2n) is 1.26. The second-order valence-corrected chi connectivity index (χ2v) is 1.26. The maximum absolute atomic E-state index is 9.48.